The second-order valence-corrected chi connectivity index (χ2v) is 9.74. The van der Waals surface area contributed by atoms with Gasteiger partial charge in [-0.2, -0.15) is 5.10 Å². The molecule has 0 saturated carbocycles. The summed E-state index contributed by atoms with van der Waals surface area (Å²) in [6, 6.07) is 17.1. The van der Waals surface area contributed by atoms with Crippen LogP contribution in [-0.2, 0) is 22.6 Å². The standard InChI is InChI=1S/C29H38N4O6/c1-36-20-28(34)32-16-15-31(21-29(35,22-32)23-39-25-8-4-3-5-9-25)19-24-10-11-26(27(18-24)37-2)38-17-7-14-33-13-6-12-30-33/h3-6,8-13,18,35H,7,14-17,19-23H2,1-2H3. The molecule has 1 atom stereocenters. The third kappa shape index (κ3) is 8.44. The lowest BCUT2D eigenvalue weighted by Crippen LogP contribution is -2.52. The predicted octanol–water partition coefficient (Wildman–Crippen LogP) is 2.46. The second-order valence-electron chi connectivity index (χ2n) is 9.74. The van der Waals surface area contributed by atoms with Crippen LogP contribution in [0.2, 0.25) is 0 Å². The number of amides is 1. The number of rotatable bonds is 13. The number of aryl methyl sites for hydroxylation is 1. The molecule has 1 amide bonds. The largest absolute Gasteiger partial charge is 0.493 e. The first kappa shape index (κ1) is 28.4. The molecule has 0 spiro atoms. The Labute approximate surface area is 229 Å². The van der Waals surface area contributed by atoms with Gasteiger partial charge in [-0.25, -0.2) is 0 Å². The minimum atomic E-state index is -1.27. The van der Waals surface area contributed by atoms with Crippen LogP contribution in [0.15, 0.2) is 67.0 Å². The molecule has 1 unspecified atom stereocenters. The third-order valence-electron chi connectivity index (χ3n) is 6.54. The van der Waals surface area contributed by atoms with Crippen molar-refractivity contribution in [3.05, 3.63) is 72.6 Å². The lowest BCUT2D eigenvalue weighted by molar-refractivity contribution is -0.138. The Kier molecular flexibility index (Phi) is 10.2. The molecule has 4 rings (SSSR count). The highest BCUT2D eigenvalue weighted by molar-refractivity contribution is 5.77. The number of aromatic nitrogens is 2. The average molecular weight is 539 g/mol. The van der Waals surface area contributed by atoms with E-state index in [1.54, 1.807) is 18.2 Å². The molecule has 0 bridgehead atoms. The number of aliphatic hydroxyl groups is 1. The molecule has 2 aromatic carbocycles. The molecule has 0 radical (unpaired) electrons. The van der Waals surface area contributed by atoms with Crippen molar-refractivity contribution < 1.29 is 28.8 Å². The highest BCUT2D eigenvalue weighted by Gasteiger charge is 2.37. The molecule has 1 saturated heterocycles. The van der Waals surface area contributed by atoms with E-state index in [1.807, 2.05) is 65.5 Å². The lowest BCUT2D eigenvalue weighted by atomic mass is 10.0. The van der Waals surface area contributed by atoms with E-state index in [1.165, 1.54) is 7.11 Å². The monoisotopic (exact) mass is 538 g/mol. The van der Waals surface area contributed by atoms with Gasteiger partial charge in [-0.3, -0.25) is 14.4 Å². The first-order chi connectivity index (χ1) is 19.0. The summed E-state index contributed by atoms with van der Waals surface area (Å²) in [6.07, 6.45) is 4.52. The Morgan fingerprint density at radius 2 is 1.87 bits per heavy atom. The summed E-state index contributed by atoms with van der Waals surface area (Å²) in [6.45, 7) is 3.48. The van der Waals surface area contributed by atoms with Crippen molar-refractivity contribution in [2.24, 2.45) is 0 Å². The van der Waals surface area contributed by atoms with E-state index in [-0.39, 0.29) is 25.7 Å². The Morgan fingerprint density at radius 1 is 1.03 bits per heavy atom. The fourth-order valence-electron chi connectivity index (χ4n) is 4.66. The summed E-state index contributed by atoms with van der Waals surface area (Å²) in [5.41, 5.74) is -0.254. The quantitative estimate of drug-likeness (QED) is 0.332. The summed E-state index contributed by atoms with van der Waals surface area (Å²) >= 11 is 0. The molecule has 1 aliphatic heterocycles. The van der Waals surface area contributed by atoms with E-state index in [4.69, 9.17) is 18.9 Å². The van der Waals surface area contributed by atoms with Gasteiger partial charge in [0.05, 0.1) is 20.3 Å². The summed E-state index contributed by atoms with van der Waals surface area (Å²) in [5.74, 6) is 1.84. The smallest absolute Gasteiger partial charge is 0.248 e. The fourth-order valence-corrected chi connectivity index (χ4v) is 4.66. The van der Waals surface area contributed by atoms with Gasteiger partial charge in [-0.05, 0) is 35.9 Å². The van der Waals surface area contributed by atoms with Crippen LogP contribution in [0.3, 0.4) is 0 Å². The molecule has 1 N–H and O–H groups in total. The molecule has 0 aliphatic carbocycles. The van der Waals surface area contributed by atoms with Crippen molar-refractivity contribution in [2.45, 2.75) is 25.1 Å². The van der Waals surface area contributed by atoms with Crippen molar-refractivity contribution in [1.82, 2.24) is 19.6 Å². The number of ether oxygens (including phenoxy) is 4. The minimum Gasteiger partial charge on any atom is -0.493 e. The number of para-hydroxylation sites is 1. The number of hydrogen-bond donors (Lipinski definition) is 1. The zero-order valence-corrected chi connectivity index (χ0v) is 22.7. The molecule has 10 nitrogen and oxygen atoms in total. The van der Waals surface area contributed by atoms with Gasteiger partial charge in [0.25, 0.3) is 0 Å². The van der Waals surface area contributed by atoms with E-state index < -0.39 is 5.60 Å². The van der Waals surface area contributed by atoms with Gasteiger partial charge in [0.1, 0.15) is 24.6 Å². The molecule has 1 aromatic heterocycles. The Bertz CT molecular complexity index is 1160. The Morgan fingerprint density at radius 3 is 2.62 bits per heavy atom. The number of benzene rings is 2. The number of hydrogen-bond acceptors (Lipinski definition) is 8. The number of methoxy groups -OCH3 is 2. The van der Waals surface area contributed by atoms with E-state index in [0.29, 0.717) is 50.0 Å². The molecule has 39 heavy (non-hydrogen) atoms. The van der Waals surface area contributed by atoms with Crippen LogP contribution in [-0.4, -0.2) is 96.4 Å². The lowest BCUT2D eigenvalue weighted by Gasteiger charge is -2.33. The first-order valence-electron chi connectivity index (χ1n) is 13.1. The topological polar surface area (TPSA) is 98.5 Å². The van der Waals surface area contributed by atoms with Crippen molar-refractivity contribution >= 4 is 5.91 Å². The highest BCUT2D eigenvalue weighted by atomic mass is 16.5. The maximum Gasteiger partial charge on any atom is 0.248 e. The predicted molar refractivity (Wildman–Crippen MR) is 146 cm³/mol. The number of carbonyl (C=O) groups excluding carboxylic acids is 1. The molecule has 1 fully saturated rings. The normalized spacial score (nSPS) is 18.0. The minimum absolute atomic E-state index is 0.0315. The number of carbonyl (C=O) groups is 1. The van der Waals surface area contributed by atoms with Crippen molar-refractivity contribution in [3.8, 4) is 17.2 Å². The van der Waals surface area contributed by atoms with E-state index in [2.05, 4.69) is 10.00 Å². The number of β-amino-alcohol motifs (C(OH)–C–C–N with tert-alkyl or cyclic N) is 1. The first-order valence-corrected chi connectivity index (χ1v) is 13.1. The van der Waals surface area contributed by atoms with Gasteiger partial charge in [-0.1, -0.05) is 24.3 Å². The van der Waals surface area contributed by atoms with Crippen molar-refractivity contribution in [3.63, 3.8) is 0 Å². The van der Waals surface area contributed by atoms with Crippen LogP contribution in [0.5, 0.6) is 17.2 Å². The van der Waals surface area contributed by atoms with Crippen LogP contribution in [0.25, 0.3) is 0 Å². The summed E-state index contributed by atoms with van der Waals surface area (Å²) in [7, 11) is 3.12. The molecule has 1 aliphatic rings. The van der Waals surface area contributed by atoms with Gasteiger partial charge >= 0.3 is 0 Å². The number of nitrogens with zero attached hydrogens (tertiary/aromatic N) is 4. The molecule has 10 heteroatoms. The molecule has 3 aromatic rings. The Balaban J connectivity index is 1.40. The zero-order chi connectivity index (χ0) is 27.5. The molecule has 210 valence electrons. The summed E-state index contributed by atoms with van der Waals surface area (Å²) < 4.78 is 24.4. The van der Waals surface area contributed by atoms with Gasteiger partial charge < -0.3 is 29.0 Å². The van der Waals surface area contributed by atoms with Gasteiger partial charge in [0.2, 0.25) is 5.91 Å². The van der Waals surface area contributed by atoms with Gasteiger partial charge in [0.15, 0.2) is 11.5 Å². The molecular formula is C29H38N4O6. The van der Waals surface area contributed by atoms with Crippen molar-refractivity contribution in [1.29, 1.82) is 0 Å². The van der Waals surface area contributed by atoms with Crippen molar-refractivity contribution in [2.75, 3.05) is 60.2 Å². The Hall–Kier alpha value is -3.60. The fraction of sp³-hybridized carbons (Fsp3) is 0.448. The van der Waals surface area contributed by atoms with Crippen LogP contribution >= 0.6 is 0 Å². The molecule has 2 heterocycles. The van der Waals surface area contributed by atoms with E-state index in [9.17, 15) is 9.90 Å². The van der Waals surface area contributed by atoms with Crippen LogP contribution in [0, 0.1) is 0 Å². The molecular weight excluding hydrogens is 500 g/mol. The summed E-state index contributed by atoms with van der Waals surface area (Å²) in [4.78, 5) is 16.5. The van der Waals surface area contributed by atoms with Gasteiger partial charge in [-0.15, -0.1) is 0 Å². The van der Waals surface area contributed by atoms with Crippen LogP contribution in [0.1, 0.15) is 12.0 Å². The second kappa shape index (κ2) is 14.0. The summed E-state index contributed by atoms with van der Waals surface area (Å²) in [5, 5.41) is 15.8. The zero-order valence-electron chi connectivity index (χ0n) is 22.7. The van der Waals surface area contributed by atoms with E-state index >= 15 is 0 Å². The van der Waals surface area contributed by atoms with E-state index in [0.717, 1.165) is 18.5 Å². The van der Waals surface area contributed by atoms with Crippen LogP contribution < -0.4 is 14.2 Å². The maximum absolute atomic E-state index is 12.7. The SMILES string of the molecule is COCC(=O)N1CCN(Cc2ccc(OCCCn3cccn3)c(OC)c2)CC(O)(COc2ccccc2)C1. The third-order valence-corrected chi connectivity index (χ3v) is 6.54. The van der Waals surface area contributed by atoms with Crippen LogP contribution in [0.4, 0.5) is 0 Å². The van der Waals surface area contributed by atoms with Gasteiger partial charge in [0, 0.05) is 58.6 Å². The maximum atomic E-state index is 12.7. The average Bonchev–Trinajstić information content (AvgIpc) is 3.41. The highest BCUT2D eigenvalue weighted by Crippen LogP contribution is 2.29.